The molecule has 150 valence electrons. The fourth-order valence-corrected chi connectivity index (χ4v) is 4.30. The van der Waals surface area contributed by atoms with Crippen molar-refractivity contribution in [3.05, 3.63) is 35.6 Å². The van der Waals surface area contributed by atoms with E-state index in [0.29, 0.717) is 12.1 Å². The highest BCUT2D eigenvalue weighted by Gasteiger charge is 2.39. The topological polar surface area (TPSA) is 42.9 Å². The third kappa shape index (κ3) is 5.20. The van der Waals surface area contributed by atoms with Gasteiger partial charge in [0, 0.05) is 31.2 Å². The largest absolute Gasteiger partial charge is 0.355 e. The lowest BCUT2D eigenvalue weighted by Gasteiger charge is -2.50. The van der Waals surface area contributed by atoms with Crippen molar-refractivity contribution in [2.75, 3.05) is 46.8 Å². The van der Waals surface area contributed by atoms with Crippen molar-refractivity contribution in [2.24, 2.45) is 4.99 Å². The molecule has 2 saturated heterocycles. The molecule has 27 heavy (non-hydrogen) atoms. The zero-order chi connectivity index (χ0) is 19.1. The van der Waals surface area contributed by atoms with Gasteiger partial charge in [-0.25, -0.2) is 4.39 Å². The van der Waals surface area contributed by atoms with Crippen LogP contribution < -0.4 is 10.6 Å². The summed E-state index contributed by atoms with van der Waals surface area (Å²) in [6, 6.07) is 6.88. The fourth-order valence-electron chi connectivity index (χ4n) is 4.30. The van der Waals surface area contributed by atoms with Gasteiger partial charge in [-0.05, 0) is 65.0 Å². The van der Waals surface area contributed by atoms with Gasteiger partial charge >= 0.3 is 0 Å². The van der Waals surface area contributed by atoms with Gasteiger partial charge in [0.15, 0.2) is 5.96 Å². The monoisotopic (exact) mass is 375 g/mol. The predicted octanol–water partition coefficient (Wildman–Crippen LogP) is 2.44. The summed E-state index contributed by atoms with van der Waals surface area (Å²) in [6.45, 7) is 6.00. The number of likely N-dealkylation sites (tertiary alicyclic amines) is 2. The molecule has 1 aromatic rings. The van der Waals surface area contributed by atoms with Gasteiger partial charge in [-0.1, -0.05) is 24.6 Å². The SMILES string of the molecule is CN=C(NCc1ccccc1F)NCC1(N2CCCCC2)CCN(C)CC1. The van der Waals surface area contributed by atoms with E-state index in [1.165, 1.54) is 51.3 Å². The average molecular weight is 376 g/mol. The lowest BCUT2D eigenvalue weighted by Crippen LogP contribution is -2.62. The molecule has 2 N–H and O–H groups in total. The van der Waals surface area contributed by atoms with Crippen molar-refractivity contribution in [1.82, 2.24) is 20.4 Å². The quantitative estimate of drug-likeness (QED) is 0.613. The molecule has 0 saturated carbocycles. The Morgan fingerprint density at radius 2 is 1.78 bits per heavy atom. The summed E-state index contributed by atoms with van der Waals surface area (Å²) in [6.07, 6.45) is 6.32. The minimum Gasteiger partial charge on any atom is -0.355 e. The first-order valence-corrected chi connectivity index (χ1v) is 10.2. The van der Waals surface area contributed by atoms with Gasteiger partial charge in [-0.3, -0.25) is 9.89 Å². The second-order valence-electron chi connectivity index (χ2n) is 7.95. The average Bonchev–Trinajstić information content (AvgIpc) is 2.71. The van der Waals surface area contributed by atoms with E-state index in [9.17, 15) is 4.39 Å². The van der Waals surface area contributed by atoms with E-state index >= 15 is 0 Å². The summed E-state index contributed by atoms with van der Waals surface area (Å²) in [5.74, 6) is 0.564. The predicted molar refractivity (Wildman–Crippen MR) is 109 cm³/mol. The third-order valence-electron chi connectivity index (χ3n) is 6.16. The third-order valence-corrected chi connectivity index (χ3v) is 6.16. The Hall–Kier alpha value is -1.66. The first kappa shape index (κ1) is 20.1. The lowest BCUT2D eigenvalue weighted by molar-refractivity contribution is 0.0173. The number of hydrogen-bond donors (Lipinski definition) is 2. The summed E-state index contributed by atoms with van der Waals surface area (Å²) in [5.41, 5.74) is 0.855. The van der Waals surface area contributed by atoms with E-state index in [1.807, 2.05) is 12.1 Å². The van der Waals surface area contributed by atoms with Gasteiger partial charge in [-0.15, -0.1) is 0 Å². The maximum atomic E-state index is 13.8. The van der Waals surface area contributed by atoms with E-state index in [2.05, 4.69) is 32.5 Å². The van der Waals surface area contributed by atoms with Crippen LogP contribution in [0.3, 0.4) is 0 Å². The molecule has 2 aliphatic rings. The normalized spacial score (nSPS) is 21.8. The molecule has 5 nitrogen and oxygen atoms in total. The highest BCUT2D eigenvalue weighted by molar-refractivity contribution is 5.79. The van der Waals surface area contributed by atoms with Gasteiger partial charge in [0.2, 0.25) is 0 Å². The molecule has 3 rings (SSSR count). The molecule has 0 unspecified atom stereocenters. The van der Waals surface area contributed by atoms with E-state index in [0.717, 1.165) is 25.6 Å². The molecule has 0 aliphatic carbocycles. The Balaban J connectivity index is 1.60. The first-order chi connectivity index (χ1) is 13.1. The minimum atomic E-state index is -0.180. The van der Waals surface area contributed by atoms with Crippen LogP contribution in [0.5, 0.6) is 0 Å². The van der Waals surface area contributed by atoms with Crippen LogP contribution >= 0.6 is 0 Å². The van der Waals surface area contributed by atoms with E-state index < -0.39 is 0 Å². The van der Waals surface area contributed by atoms with Crippen molar-refractivity contribution >= 4 is 5.96 Å². The van der Waals surface area contributed by atoms with Crippen LogP contribution in [-0.2, 0) is 6.54 Å². The smallest absolute Gasteiger partial charge is 0.191 e. The zero-order valence-electron chi connectivity index (χ0n) is 16.8. The number of halogens is 1. The molecule has 2 aliphatic heterocycles. The number of rotatable bonds is 5. The second kappa shape index (κ2) is 9.51. The molecule has 6 heteroatoms. The Bertz CT molecular complexity index is 619. The van der Waals surface area contributed by atoms with Gasteiger partial charge in [-0.2, -0.15) is 0 Å². The van der Waals surface area contributed by atoms with Crippen molar-refractivity contribution in [2.45, 2.75) is 44.2 Å². The Labute approximate surface area is 163 Å². The molecular formula is C21H34FN5. The minimum absolute atomic E-state index is 0.180. The van der Waals surface area contributed by atoms with Crippen molar-refractivity contribution < 1.29 is 4.39 Å². The standard InChI is InChI=1S/C21H34FN5/c1-23-20(24-16-18-8-4-5-9-19(18)22)25-17-21(10-14-26(2)15-11-21)27-12-6-3-7-13-27/h4-5,8-9H,3,6-7,10-17H2,1-2H3,(H2,23,24,25). The highest BCUT2D eigenvalue weighted by Crippen LogP contribution is 2.30. The van der Waals surface area contributed by atoms with Crippen molar-refractivity contribution in [1.29, 1.82) is 0 Å². The summed E-state index contributed by atoms with van der Waals surface area (Å²) in [7, 11) is 3.99. The number of guanidine groups is 1. The zero-order valence-corrected chi connectivity index (χ0v) is 16.8. The van der Waals surface area contributed by atoms with E-state index in [4.69, 9.17) is 0 Å². The fraction of sp³-hybridized carbons (Fsp3) is 0.667. The molecular weight excluding hydrogens is 341 g/mol. The first-order valence-electron chi connectivity index (χ1n) is 10.2. The lowest BCUT2D eigenvalue weighted by atomic mass is 9.84. The molecule has 2 fully saturated rings. The Morgan fingerprint density at radius 3 is 2.44 bits per heavy atom. The highest BCUT2D eigenvalue weighted by atomic mass is 19.1. The van der Waals surface area contributed by atoms with Gasteiger partial charge in [0.05, 0.1) is 0 Å². The molecule has 0 aromatic heterocycles. The maximum Gasteiger partial charge on any atom is 0.191 e. The molecule has 0 atom stereocenters. The summed E-state index contributed by atoms with van der Waals surface area (Å²) in [4.78, 5) is 9.48. The van der Waals surface area contributed by atoms with Crippen LogP contribution in [0.2, 0.25) is 0 Å². The molecule has 0 spiro atoms. The van der Waals surface area contributed by atoms with Crippen LogP contribution in [0.4, 0.5) is 4.39 Å². The van der Waals surface area contributed by atoms with Crippen molar-refractivity contribution in [3.63, 3.8) is 0 Å². The summed E-state index contributed by atoms with van der Waals surface area (Å²) >= 11 is 0. The molecule has 0 radical (unpaired) electrons. The maximum absolute atomic E-state index is 13.8. The number of aliphatic imine (C=N–C) groups is 1. The van der Waals surface area contributed by atoms with Crippen LogP contribution in [0.15, 0.2) is 29.3 Å². The Kier molecular flexibility index (Phi) is 7.07. The second-order valence-corrected chi connectivity index (χ2v) is 7.95. The number of nitrogens with one attached hydrogen (secondary N) is 2. The van der Waals surface area contributed by atoms with Crippen LogP contribution in [0, 0.1) is 5.82 Å². The number of piperidine rings is 2. The van der Waals surface area contributed by atoms with E-state index in [1.54, 1.807) is 13.1 Å². The van der Waals surface area contributed by atoms with Crippen LogP contribution in [0.25, 0.3) is 0 Å². The molecule has 0 amide bonds. The van der Waals surface area contributed by atoms with Crippen LogP contribution in [0.1, 0.15) is 37.7 Å². The number of benzene rings is 1. The van der Waals surface area contributed by atoms with Crippen molar-refractivity contribution in [3.8, 4) is 0 Å². The van der Waals surface area contributed by atoms with Crippen LogP contribution in [-0.4, -0.2) is 68.1 Å². The van der Waals surface area contributed by atoms with Gasteiger partial charge < -0.3 is 15.5 Å². The number of nitrogens with zero attached hydrogens (tertiary/aromatic N) is 3. The summed E-state index contributed by atoms with van der Waals surface area (Å²) in [5, 5.41) is 6.80. The molecule has 2 heterocycles. The Morgan fingerprint density at radius 1 is 1.07 bits per heavy atom. The van der Waals surface area contributed by atoms with Gasteiger partial charge in [0.25, 0.3) is 0 Å². The number of hydrogen-bond acceptors (Lipinski definition) is 3. The van der Waals surface area contributed by atoms with Gasteiger partial charge in [0.1, 0.15) is 5.82 Å². The van der Waals surface area contributed by atoms with E-state index in [-0.39, 0.29) is 11.4 Å². The molecule has 0 bridgehead atoms. The summed E-state index contributed by atoms with van der Waals surface area (Å²) < 4.78 is 13.8. The molecule has 1 aromatic carbocycles.